The molecule has 0 bridgehead atoms. The Morgan fingerprint density at radius 2 is 1.87 bits per heavy atom. The van der Waals surface area contributed by atoms with Crippen LogP contribution in [0.4, 0.5) is 0 Å². The average Bonchev–Trinajstić information content (AvgIpc) is 2.08. The van der Waals surface area contributed by atoms with Crippen molar-refractivity contribution in [2.24, 2.45) is 11.7 Å². The molecule has 0 spiro atoms. The Hall–Kier alpha value is 0.0500. The fourth-order valence-corrected chi connectivity index (χ4v) is 2.62. The summed E-state index contributed by atoms with van der Waals surface area (Å²) in [6.07, 6.45) is 3.59. The molecule has 0 unspecified atom stereocenters. The van der Waals surface area contributed by atoms with Crippen molar-refractivity contribution >= 4 is 34.8 Å². The van der Waals surface area contributed by atoms with E-state index in [0.717, 1.165) is 5.56 Å². The summed E-state index contributed by atoms with van der Waals surface area (Å²) in [6.45, 7) is 0. The average molecular weight is 265 g/mol. The highest BCUT2D eigenvalue weighted by Crippen LogP contribution is 2.41. The molecule has 0 saturated heterocycles. The molecule has 1 aliphatic rings. The van der Waals surface area contributed by atoms with E-state index in [9.17, 15) is 0 Å². The Labute approximate surface area is 104 Å². The molecule has 1 fully saturated rings. The second kappa shape index (κ2) is 4.50. The molecule has 82 valence electrons. The summed E-state index contributed by atoms with van der Waals surface area (Å²) < 4.78 is 0. The van der Waals surface area contributed by atoms with E-state index >= 15 is 0 Å². The van der Waals surface area contributed by atoms with Gasteiger partial charge in [0, 0.05) is 11.1 Å². The van der Waals surface area contributed by atoms with Crippen LogP contribution in [0.25, 0.3) is 0 Å². The lowest BCUT2D eigenvalue weighted by molar-refractivity contribution is 0.264. The molecule has 1 aromatic carbocycles. The van der Waals surface area contributed by atoms with Crippen LogP contribution < -0.4 is 5.73 Å². The largest absolute Gasteiger partial charge is 0.324 e. The maximum Gasteiger partial charge on any atom is 0.0641 e. The predicted octanol–water partition coefficient (Wildman–Crippen LogP) is 4.45. The predicted molar refractivity (Wildman–Crippen MR) is 65.7 cm³/mol. The van der Waals surface area contributed by atoms with Crippen molar-refractivity contribution in [1.82, 2.24) is 0 Å². The first-order valence-corrected chi connectivity index (χ1v) is 6.13. The second-order valence-electron chi connectivity index (χ2n) is 4.01. The fourth-order valence-electron chi connectivity index (χ4n) is 1.87. The Kier molecular flexibility index (Phi) is 3.46. The van der Waals surface area contributed by atoms with Crippen LogP contribution in [-0.4, -0.2) is 0 Å². The number of rotatable bonds is 2. The Morgan fingerprint density at radius 3 is 2.40 bits per heavy atom. The molecule has 1 aliphatic carbocycles. The molecule has 1 saturated carbocycles. The van der Waals surface area contributed by atoms with E-state index in [1.807, 2.05) is 6.07 Å². The normalized spacial score (nSPS) is 18.7. The van der Waals surface area contributed by atoms with Gasteiger partial charge in [0.05, 0.1) is 10.0 Å². The van der Waals surface area contributed by atoms with Gasteiger partial charge in [0.2, 0.25) is 0 Å². The van der Waals surface area contributed by atoms with E-state index in [-0.39, 0.29) is 6.04 Å². The molecule has 0 aromatic heterocycles. The summed E-state index contributed by atoms with van der Waals surface area (Å²) in [5.74, 6) is 0.525. The van der Waals surface area contributed by atoms with Crippen molar-refractivity contribution in [3.05, 3.63) is 32.8 Å². The zero-order chi connectivity index (χ0) is 11.0. The highest BCUT2D eigenvalue weighted by molar-refractivity contribution is 6.43. The zero-order valence-electron chi connectivity index (χ0n) is 8.14. The minimum atomic E-state index is -0.0394. The highest BCUT2D eigenvalue weighted by atomic mass is 35.5. The molecule has 15 heavy (non-hydrogen) atoms. The van der Waals surface area contributed by atoms with E-state index < -0.39 is 0 Å². The molecule has 2 rings (SSSR count). The summed E-state index contributed by atoms with van der Waals surface area (Å²) >= 11 is 18.0. The van der Waals surface area contributed by atoms with Gasteiger partial charge in [0.25, 0.3) is 0 Å². The maximum absolute atomic E-state index is 6.14. The molecule has 2 N–H and O–H groups in total. The van der Waals surface area contributed by atoms with Gasteiger partial charge in [-0.05, 0) is 36.5 Å². The lowest BCUT2D eigenvalue weighted by Crippen LogP contribution is -2.27. The molecular formula is C11H12Cl3N. The van der Waals surface area contributed by atoms with Crippen LogP contribution in [0.1, 0.15) is 30.9 Å². The van der Waals surface area contributed by atoms with E-state index in [0.29, 0.717) is 21.0 Å². The van der Waals surface area contributed by atoms with Gasteiger partial charge in [-0.1, -0.05) is 41.2 Å². The molecular weight excluding hydrogens is 252 g/mol. The van der Waals surface area contributed by atoms with Crippen LogP contribution in [0.15, 0.2) is 12.1 Å². The van der Waals surface area contributed by atoms with E-state index in [2.05, 4.69) is 0 Å². The number of hydrogen-bond acceptors (Lipinski definition) is 1. The van der Waals surface area contributed by atoms with E-state index in [1.165, 1.54) is 19.3 Å². The molecule has 4 heteroatoms. The molecule has 1 aromatic rings. The number of halogens is 3. The lowest BCUT2D eigenvalue weighted by atomic mass is 9.77. The van der Waals surface area contributed by atoms with Crippen LogP contribution in [0.2, 0.25) is 15.1 Å². The Bertz CT molecular complexity index is 374. The van der Waals surface area contributed by atoms with Gasteiger partial charge >= 0.3 is 0 Å². The highest BCUT2D eigenvalue weighted by Gasteiger charge is 2.27. The Morgan fingerprint density at radius 1 is 1.20 bits per heavy atom. The molecule has 0 heterocycles. The van der Waals surface area contributed by atoms with Crippen molar-refractivity contribution in [3.63, 3.8) is 0 Å². The maximum atomic E-state index is 6.14. The van der Waals surface area contributed by atoms with Gasteiger partial charge in [-0.25, -0.2) is 0 Å². The van der Waals surface area contributed by atoms with Crippen molar-refractivity contribution in [2.45, 2.75) is 25.3 Å². The topological polar surface area (TPSA) is 26.0 Å². The summed E-state index contributed by atoms with van der Waals surface area (Å²) in [5, 5.41) is 1.61. The molecule has 0 radical (unpaired) electrons. The second-order valence-corrected chi connectivity index (χ2v) is 5.23. The number of benzene rings is 1. The van der Waals surface area contributed by atoms with Crippen LogP contribution >= 0.6 is 34.8 Å². The SMILES string of the molecule is N[C@H](c1cc(Cl)cc(Cl)c1Cl)C1CCC1. The van der Waals surface area contributed by atoms with Gasteiger partial charge < -0.3 is 5.73 Å². The molecule has 1 atom stereocenters. The van der Waals surface area contributed by atoms with Gasteiger partial charge in [0.15, 0.2) is 0 Å². The van der Waals surface area contributed by atoms with E-state index in [1.54, 1.807) is 6.07 Å². The first-order chi connectivity index (χ1) is 7.09. The first-order valence-electron chi connectivity index (χ1n) is 4.99. The third-order valence-corrected chi connectivity index (χ3v) is 4.07. The van der Waals surface area contributed by atoms with Gasteiger partial charge in [0.1, 0.15) is 0 Å². The summed E-state index contributed by atoms with van der Waals surface area (Å²) in [4.78, 5) is 0. The molecule has 1 nitrogen and oxygen atoms in total. The van der Waals surface area contributed by atoms with Crippen molar-refractivity contribution in [2.75, 3.05) is 0 Å². The smallest absolute Gasteiger partial charge is 0.0641 e. The van der Waals surface area contributed by atoms with Crippen LogP contribution in [0.3, 0.4) is 0 Å². The summed E-state index contributed by atoms with van der Waals surface area (Å²) in [5.41, 5.74) is 7.01. The number of nitrogens with two attached hydrogens (primary N) is 1. The minimum absolute atomic E-state index is 0.0394. The van der Waals surface area contributed by atoms with E-state index in [4.69, 9.17) is 40.5 Å². The monoisotopic (exact) mass is 263 g/mol. The molecule has 0 aliphatic heterocycles. The lowest BCUT2D eigenvalue weighted by Gasteiger charge is -2.32. The van der Waals surface area contributed by atoms with Gasteiger partial charge in [-0.2, -0.15) is 0 Å². The zero-order valence-corrected chi connectivity index (χ0v) is 10.4. The van der Waals surface area contributed by atoms with Crippen LogP contribution in [0.5, 0.6) is 0 Å². The van der Waals surface area contributed by atoms with Gasteiger partial charge in [-0.15, -0.1) is 0 Å². The third-order valence-electron chi connectivity index (χ3n) is 3.04. The summed E-state index contributed by atoms with van der Waals surface area (Å²) in [7, 11) is 0. The fraction of sp³-hybridized carbons (Fsp3) is 0.455. The van der Waals surface area contributed by atoms with Crippen LogP contribution in [0, 0.1) is 5.92 Å². The third kappa shape index (κ3) is 2.26. The minimum Gasteiger partial charge on any atom is -0.324 e. The van der Waals surface area contributed by atoms with Crippen molar-refractivity contribution in [1.29, 1.82) is 0 Å². The Balaban J connectivity index is 2.33. The van der Waals surface area contributed by atoms with Crippen molar-refractivity contribution in [3.8, 4) is 0 Å². The quantitative estimate of drug-likeness (QED) is 0.785. The standard InChI is InChI=1S/C11H12Cl3N/c12-7-4-8(10(14)9(13)5-7)11(15)6-2-1-3-6/h4-6,11H,1-3,15H2/t11-/m0/s1. The first kappa shape index (κ1) is 11.5. The number of hydrogen-bond donors (Lipinski definition) is 1. The molecule has 0 amide bonds. The van der Waals surface area contributed by atoms with Gasteiger partial charge in [-0.3, -0.25) is 0 Å². The van der Waals surface area contributed by atoms with Crippen LogP contribution in [-0.2, 0) is 0 Å². The summed E-state index contributed by atoms with van der Waals surface area (Å²) in [6, 6.07) is 3.42. The van der Waals surface area contributed by atoms with Crippen molar-refractivity contribution < 1.29 is 0 Å².